The lowest BCUT2D eigenvalue weighted by Gasteiger charge is -2.36. The summed E-state index contributed by atoms with van der Waals surface area (Å²) in [5.41, 5.74) is 2.19. The van der Waals surface area contributed by atoms with Gasteiger partial charge in [0.25, 0.3) is 0 Å². The maximum Gasteiger partial charge on any atom is 0.225 e. The highest BCUT2D eigenvalue weighted by Crippen LogP contribution is 2.26. The molecule has 2 aromatic rings. The lowest BCUT2D eigenvalue weighted by molar-refractivity contribution is -0.138. The van der Waals surface area contributed by atoms with Gasteiger partial charge in [-0.25, -0.2) is 17.7 Å². The number of para-hydroxylation sites is 2. The molecule has 8 heteroatoms. The Bertz CT molecular complexity index is 939. The van der Waals surface area contributed by atoms with Gasteiger partial charge in [-0.3, -0.25) is 4.79 Å². The van der Waals surface area contributed by atoms with E-state index >= 15 is 0 Å². The summed E-state index contributed by atoms with van der Waals surface area (Å²) in [6, 6.07) is 8.17. The molecule has 4 rings (SSSR count). The van der Waals surface area contributed by atoms with Crippen LogP contribution in [0.5, 0.6) is 0 Å². The predicted molar refractivity (Wildman–Crippen MR) is 108 cm³/mol. The van der Waals surface area contributed by atoms with Crippen molar-refractivity contribution in [3.8, 4) is 0 Å². The largest absolute Gasteiger partial charge is 0.342 e. The van der Waals surface area contributed by atoms with Crippen molar-refractivity contribution in [2.24, 2.45) is 11.8 Å². The van der Waals surface area contributed by atoms with Crippen molar-refractivity contribution in [3.05, 3.63) is 30.6 Å². The normalized spacial score (nSPS) is 20.7. The average molecular weight is 405 g/mol. The van der Waals surface area contributed by atoms with E-state index in [9.17, 15) is 13.2 Å². The molecule has 0 saturated carbocycles. The molecule has 2 aliphatic rings. The highest BCUT2D eigenvalue weighted by atomic mass is 32.2. The second kappa shape index (κ2) is 7.83. The number of amides is 1. The van der Waals surface area contributed by atoms with Gasteiger partial charge >= 0.3 is 0 Å². The number of carbonyl (C=O) groups is 1. The fraction of sp³-hybridized carbons (Fsp3) is 0.600. The number of rotatable bonds is 4. The molecule has 0 bridgehead atoms. The van der Waals surface area contributed by atoms with Crippen LogP contribution in [0.3, 0.4) is 0 Å². The molecule has 1 amide bonds. The van der Waals surface area contributed by atoms with Gasteiger partial charge in [0.05, 0.1) is 23.6 Å². The van der Waals surface area contributed by atoms with Gasteiger partial charge in [0.1, 0.15) is 0 Å². The van der Waals surface area contributed by atoms with Crippen LogP contribution in [-0.2, 0) is 21.4 Å². The van der Waals surface area contributed by atoms with E-state index in [0.29, 0.717) is 31.8 Å². The van der Waals surface area contributed by atoms with E-state index in [0.717, 1.165) is 38.0 Å². The van der Waals surface area contributed by atoms with Gasteiger partial charge in [0.15, 0.2) is 0 Å². The first-order chi connectivity index (χ1) is 13.4. The van der Waals surface area contributed by atoms with E-state index < -0.39 is 10.0 Å². The van der Waals surface area contributed by atoms with Crippen molar-refractivity contribution in [2.45, 2.75) is 32.2 Å². The highest BCUT2D eigenvalue weighted by Gasteiger charge is 2.33. The third-order valence-corrected chi connectivity index (χ3v) is 7.48. The van der Waals surface area contributed by atoms with Crippen LogP contribution in [0.2, 0.25) is 0 Å². The molecule has 0 radical (unpaired) electrons. The van der Waals surface area contributed by atoms with Crippen molar-refractivity contribution in [1.29, 1.82) is 0 Å². The van der Waals surface area contributed by atoms with E-state index in [1.54, 1.807) is 0 Å². The van der Waals surface area contributed by atoms with Gasteiger partial charge in [0.2, 0.25) is 15.9 Å². The van der Waals surface area contributed by atoms with Crippen LogP contribution in [-0.4, -0.2) is 65.5 Å². The minimum atomic E-state index is -3.15. The first-order valence-electron chi connectivity index (χ1n) is 10.1. The fourth-order valence-electron chi connectivity index (χ4n) is 4.46. The minimum Gasteiger partial charge on any atom is -0.342 e. The van der Waals surface area contributed by atoms with E-state index in [4.69, 9.17) is 0 Å². The summed E-state index contributed by atoms with van der Waals surface area (Å²) >= 11 is 0. The molecule has 0 N–H and O–H groups in total. The van der Waals surface area contributed by atoms with Gasteiger partial charge in [-0.05, 0) is 43.7 Å². The smallest absolute Gasteiger partial charge is 0.225 e. The number of imidazole rings is 1. The Morgan fingerprint density at radius 2 is 1.75 bits per heavy atom. The molecular weight excluding hydrogens is 376 g/mol. The molecule has 152 valence electrons. The van der Waals surface area contributed by atoms with Crippen molar-refractivity contribution in [3.63, 3.8) is 0 Å². The number of aromatic nitrogens is 2. The fourth-order valence-corrected chi connectivity index (χ4v) is 5.34. The van der Waals surface area contributed by atoms with Crippen LogP contribution in [0, 0.1) is 11.8 Å². The number of carbonyl (C=O) groups excluding carboxylic acids is 1. The first-order valence-corrected chi connectivity index (χ1v) is 11.9. The molecule has 7 nitrogen and oxygen atoms in total. The van der Waals surface area contributed by atoms with Crippen LogP contribution < -0.4 is 0 Å². The monoisotopic (exact) mass is 404 g/mol. The number of piperidine rings is 2. The Labute approximate surface area is 166 Å². The zero-order valence-corrected chi connectivity index (χ0v) is 17.1. The zero-order valence-electron chi connectivity index (χ0n) is 16.3. The van der Waals surface area contributed by atoms with E-state index in [1.165, 1.54) is 16.1 Å². The van der Waals surface area contributed by atoms with Crippen molar-refractivity contribution in [1.82, 2.24) is 18.8 Å². The summed E-state index contributed by atoms with van der Waals surface area (Å²) in [5, 5.41) is 0. The van der Waals surface area contributed by atoms with Crippen LogP contribution in [0.4, 0.5) is 0 Å². The van der Waals surface area contributed by atoms with E-state index in [1.807, 2.05) is 29.4 Å². The maximum atomic E-state index is 12.9. The van der Waals surface area contributed by atoms with Gasteiger partial charge in [-0.1, -0.05) is 12.1 Å². The quantitative estimate of drug-likeness (QED) is 0.781. The van der Waals surface area contributed by atoms with Crippen molar-refractivity contribution in [2.75, 3.05) is 32.4 Å². The molecule has 3 heterocycles. The molecule has 28 heavy (non-hydrogen) atoms. The summed E-state index contributed by atoms with van der Waals surface area (Å²) in [5.74, 6) is 0.723. The standard InChI is InChI=1S/C20H28N4O3S/c1-28(26,27)24-12-8-17(9-13-24)20(25)22-10-6-16(7-11-22)14-23-15-21-18-4-2-3-5-19(18)23/h2-5,15-17H,6-14H2,1H3. The molecule has 0 unspecified atom stereocenters. The molecule has 0 spiro atoms. The topological polar surface area (TPSA) is 75.5 Å². The SMILES string of the molecule is CS(=O)(=O)N1CCC(C(=O)N2CCC(Cn3cnc4ccccc43)CC2)CC1. The van der Waals surface area contributed by atoms with Crippen LogP contribution in [0.15, 0.2) is 30.6 Å². The van der Waals surface area contributed by atoms with Gasteiger partial charge in [-0.15, -0.1) is 0 Å². The highest BCUT2D eigenvalue weighted by molar-refractivity contribution is 7.88. The summed E-state index contributed by atoms with van der Waals surface area (Å²) in [6.45, 7) is 3.44. The molecule has 2 fully saturated rings. The lowest BCUT2D eigenvalue weighted by atomic mass is 9.92. The third-order valence-electron chi connectivity index (χ3n) is 6.18. The number of likely N-dealkylation sites (tertiary alicyclic amines) is 1. The Balaban J connectivity index is 1.29. The molecule has 0 atom stereocenters. The second-order valence-corrected chi connectivity index (χ2v) is 10.1. The maximum absolute atomic E-state index is 12.9. The van der Waals surface area contributed by atoms with E-state index in [2.05, 4.69) is 15.6 Å². The third kappa shape index (κ3) is 4.07. The number of benzene rings is 1. The molecule has 2 saturated heterocycles. The molecule has 0 aliphatic carbocycles. The summed E-state index contributed by atoms with van der Waals surface area (Å²) in [6.07, 6.45) is 6.42. The van der Waals surface area contributed by atoms with Gasteiger partial charge in [-0.2, -0.15) is 0 Å². The number of hydrogen-bond acceptors (Lipinski definition) is 4. The molecule has 1 aromatic heterocycles. The number of sulfonamides is 1. The van der Waals surface area contributed by atoms with Crippen molar-refractivity contribution < 1.29 is 13.2 Å². The van der Waals surface area contributed by atoms with E-state index in [-0.39, 0.29) is 11.8 Å². The van der Waals surface area contributed by atoms with Gasteiger partial charge < -0.3 is 9.47 Å². The number of nitrogens with zero attached hydrogens (tertiary/aromatic N) is 4. The zero-order chi connectivity index (χ0) is 19.7. The van der Waals surface area contributed by atoms with Crippen molar-refractivity contribution >= 4 is 27.0 Å². The van der Waals surface area contributed by atoms with Gasteiger partial charge in [0, 0.05) is 38.6 Å². The Kier molecular flexibility index (Phi) is 5.42. The lowest BCUT2D eigenvalue weighted by Crippen LogP contribution is -2.46. The molecule has 1 aromatic carbocycles. The van der Waals surface area contributed by atoms with Crippen LogP contribution in [0.1, 0.15) is 25.7 Å². The Hall–Kier alpha value is -1.93. The first kappa shape index (κ1) is 19.4. The Morgan fingerprint density at radius 1 is 1.07 bits per heavy atom. The molecule has 2 aliphatic heterocycles. The molecular formula is C20H28N4O3S. The minimum absolute atomic E-state index is 0.0351. The summed E-state index contributed by atoms with van der Waals surface area (Å²) in [4.78, 5) is 19.3. The Morgan fingerprint density at radius 3 is 2.43 bits per heavy atom. The predicted octanol–water partition coefficient (Wildman–Crippen LogP) is 1.95. The number of hydrogen-bond donors (Lipinski definition) is 0. The summed E-state index contributed by atoms with van der Waals surface area (Å²) < 4.78 is 27.0. The van der Waals surface area contributed by atoms with Crippen LogP contribution >= 0.6 is 0 Å². The summed E-state index contributed by atoms with van der Waals surface area (Å²) in [7, 11) is -3.15. The second-order valence-electron chi connectivity index (χ2n) is 8.09. The number of fused-ring (bicyclic) bond motifs is 1. The average Bonchev–Trinajstić information content (AvgIpc) is 3.10. The van der Waals surface area contributed by atoms with Crippen LogP contribution in [0.25, 0.3) is 11.0 Å².